The van der Waals surface area contributed by atoms with Crippen LogP contribution >= 0.6 is 0 Å². The predicted octanol–water partition coefficient (Wildman–Crippen LogP) is 0.986. The summed E-state index contributed by atoms with van der Waals surface area (Å²) >= 11 is 0. The summed E-state index contributed by atoms with van der Waals surface area (Å²) in [5.41, 5.74) is 0.583. The van der Waals surface area contributed by atoms with Gasteiger partial charge in [0.15, 0.2) is 9.84 Å². The SMILES string of the molecule is CCNCS(=O)(=O)c1ccc(NC(C)=O)cc1. The molecule has 0 saturated carbocycles. The molecule has 0 heterocycles. The molecule has 0 aromatic heterocycles. The summed E-state index contributed by atoms with van der Waals surface area (Å²) in [5, 5.41) is 5.35. The normalized spacial score (nSPS) is 11.2. The maximum absolute atomic E-state index is 11.8. The smallest absolute Gasteiger partial charge is 0.221 e. The minimum atomic E-state index is -3.29. The molecule has 0 fully saturated rings. The molecule has 6 heteroatoms. The third kappa shape index (κ3) is 4.16. The first-order valence-electron chi connectivity index (χ1n) is 5.27. The molecule has 0 saturated heterocycles. The number of hydrogen-bond acceptors (Lipinski definition) is 4. The second-order valence-corrected chi connectivity index (χ2v) is 5.56. The van der Waals surface area contributed by atoms with Crippen molar-refractivity contribution < 1.29 is 13.2 Å². The monoisotopic (exact) mass is 256 g/mol. The van der Waals surface area contributed by atoms with Gasteiger partial charge in [0.25, 0.3) is 0 Å². The van der Waals surface area contributed by atoms with E-state index in [2.05, 4.69) is 10.6 Å². The van der Waals surface area contributed by atoms with E-state index < -0.39 is 9.84 Å². The summed E-state index contributed by atoms with van der Waals surface area (Å²) < 4.78 is 23.5. The summed E-state index contributed by atoms with van der Waals surface area (Å²) in [6, 6.07) is 6.11. The van der Waals surface area contributed by atoms with E-state index in [0.717, 1.165) is 0 Å². The zero-order valence-corrected chi connectivity index (χ0v) is 10.7. The van der Waals surface area contributed by atoms with Crippen molar-refractivity contribution in [2.75, 3.05) is 17.7 Å². The number of carbonyl (C=O) groups excluding carboxylic acids is 1. The number of nitrogens with one attached hydrogen (secondary N) is 2. The second-order valence-electron chi connectivity index (χ2n) is 3.57. The van der Waals surface area contributed by atoms with Gasteiger partial charge in [-0.2, -0.15) is 0 Å². The van der Waals surface area contributed by atoms with Gasteiger partial charge in [-0.25, -0.2) is 8.42 Å². The lowest BCUT2D eigenvalue weighted by Gasteiger charge is -2.06. The Hall–Kier alpha value is -1.40. The van der Waals surface area contributed by atoms with Gasteiger partial charge >= 0.3 is 0 Å². The Morgan fingerprint density at radius 2 is 1.82 bits per heavy atom. The quantitative estimate of drug-likeness (QED) is 0.823. The summed E-state index contributed by atoms with van der Waals surface area (Å²) in [6.07, 6.45) is 0. The van der Waals surface area contributed by atoms with Gasteiger partial charge in [-0.1, -0.05) is 6.92 Å². The van der Waals surface area contributed by atoms with E-state index in [-0.39, 0.29) is 16.7 Å². The van der Waals surface area contributed by atoms with Crippen molar-refractivity contribution in [3.05, 3.63) is 24.3 Å². The molecule has 0 radical (unpaired) electrons. The molecule has 0 atom stereocenters. The molecular formula is C11H16N2O3S. The first-order valence-corrected chi connectivity index (χ1v) is 6.92. The Bertz CT molecular complexity index is 480. The number of benzene rings is 1. The highest BCUT2D eigenvalue weighted by molar-refractivity contribution is 7.91. The van der Waals surface area contributed by atoms with Crippen molar-refractivity contribution in [2.45, 2.75) is 18.7 Å². The molecule has 0 aliphatic carbocycles. The van der Waals surface area contributed by atoms with Crippen LogP contribution in [0.15, 0.2) is 29.2 Å². The molecule has 17 heavy (non-hydrogen) atoms. The molecule has 94 valence electrons. The third-order valence-corrected chi connectivity index (χ3v) is 3.65. The van der Waals surface area contributed by atoms with Gasteiger partial charge in [0.1, 0.15) is 5.88 Å². The summed E-state index contributed by atoms with van der Waals surface area (Å²) in [5.74, 6) is -0.267. The molecule has 2 N–H and O–H groups in total. The van der Waals surface area contributed by atoms with Gasteiger partial charge in [-0.3, -0.25) is 4.79 Å². The van der Waals surface area contributed by atoms with Gasteiger partial charge in [-0.15, -0.1) is 0 Å². The Morgan fingerprint density at radius 3 is 2.29 bits per heavy atom. The van der Waals surface area contributed by atoms with Crippen LogP contribution in [0.25, 0.3) is 0 Å². The van der Waals surface area contributed by atoms with Crippen LogP contribution in [-0.4, -0.2) is 26.7 Å². The number of hydrogen-bond donors (Lipinski definition) is 2. The lowest BCUT2D eigenvalue weighted by molar-refractivity contribution is -0.114. The molecule has 1 aromatic rings. The lowest BCUT2D eigenvalue weighted by atomic mass is 10.3. The van der Waals surface area contributed by atoms with Gasteiger partial charge in [0.05, 0.1) is 4.90 Å². The minimum Gasteiger partial charge on any atom is -0.326 e. The number of sulfone groups is 1. The van der Waals surface area contributed by atoms with E-state index in [9.17, 15) is 13.2 Å². The topological polar surface area (TPSA) is 75.3 Å². The first kappa shape index (κ1) is 13.7. The fraction of sp³-hybridized carbons (Fsp3) is 0.364. The van der Waals surface area contributed by atoms with E-state index in [4.69, 9.17) is 0 Å². The van der Waals surface area contributed by atoms with Crippen LogP contribution in [-0.2, 0) is 14.6 Å². The van der Waals surface area contributed by atoms with Crippen LogP contribution in [0.2, 0.25) is 0 Å². The number of rotatable bonds is 5. The molecular weight excluding hydrogens is 240 g/mol. The largest absolute Gasteiger partial charge is 0.326 e. The van der Waals surface area contributed by atoms with Crippen molar-refractivity contribution in [3.8, 4) is 0 Å². The molecule has 1 amide bonds. The molecule has 1 aromatic carbocycles. The molecule has 1 rings (SSSR count). The van der Waals surface area contributed by atoms with E-state index in [1.165, 1.54) is 19.1 Å². The van der Waals surface area contributed by atoms with Crippen LogP contribution < -0.4 is 10.6 Å². The minimum absolute atomic E-state index is 0.0804. The molecule has 0 bridgehead atoms. The summed E-state index contributed by atoms with van der Waals surface area (Å²) in [6.45, 7) is 3.84. The van der Waals surface area contributed by atoms with E-state index >= 15 is 0 Å². The van der Waals surface area contributed by atoms with Crippen molar-refractivity contribution >= 4 is 21.4 Å². The fourth-order valence-corrected chi connectivity index (χ4v) is 2.46. The van der Waals surface area contributed by atoms with Crippen LogP contribution in [0.4, 0.5) is 5.69 Å². The number of carbonyl (C=O) groups is 1. The highest BCUT2D eigenvalue weighted by Gasteiger charge is 2.13. The molecule has 0 spiro atoms. The van der Waals surface area contributed by atoms with Crippen LogP contribution in [0.1, 0.15) is 13.8 Å². The Labute approximate surface area is 101 Å². The average molecular weight is 256 g/mol. The average Bonchev–Trinajstić information content (AvgIpc) is 2.26. The lowest BCUT2D eigenvalue weighted by Crippen LogP contribution is -2.22. The first-order chi connectivity index (χ1) is 7.95. The zero-order valence-electron chi connectivity index (χ0n) is 9.86. The summed E-state index contributed by atoms with van der Waals surface area (Å²) in [4.78, 5) is 11.0. The van der Waals surface area contributed by atoms with Gasteiger partial charge < -0.3 is 10.6 Å². The van der Waals surface area contributed by atoms with Gasteiger partial charge in [-0.05, 0) is 30.8 Å². The van der Waals surface area contributed by atoms with Gasteiger partial charge in [0.2, 0.25) is 5.91 Å². The molecule has 5 nitrogen and oxygen atoms in total. The highest BCUT2D eigenvalue weighted by atomic mass is 32.2. The fourth-order valence-electron chi connectivity index (χ4n) is 1.27. The van der Waals surface area contributed by atoms with Crippen molar-refractivity contribution in [1.82, 2.24) is 5.32 Å². The highest BCUT2D eigenvalue weighted by Crippen LogP contribution is 2.14. The third-order valence-electron chi connectivity index (χ3n) is 2.08. The number of anilines is 1. The van der Waals surface area contributed by atoms with E-state index in [1.54, 1.807) is 12.1 Å². The summed E-state index contributed by atoms with van der Waals surface area (Å²) in [7, 11) is -3.29. The Morgan fingerprint density at radius 1 is 1.24 bits per heavy atom. The maximum Gasteiger partial charge on any atom is 0.221 e. The Balaban J connectivity index is 2.83. The van der Waals surface area contributed by atoms with Crippen molar-refractivity contribution in [2.24, 2.45) is 0 Å². The maximum atomic E-state index is 11.8. The van der Waals surface area contributed by atoms with Crippen LogP contribution in [0, 0.1) is 0 Å². The second kappa shape index (κ2) is 5.79. The molecule has 0 aliphatic heterocycles. The van der Waals surface area contributed by atoms with E-state index in [1.807, 2.05) is 6.92 Å². The molecule has 0 aliphatic rings. The predicted molar refractivity (Wildman–Crippen MR) is 66.5 cm³/mol. The standard InChI is InChI=1S/C11H16N2O3S/c1-3-12-8-17(15,16)11-6-4-10(5-7-11)13-9(2)14/h4-7,12H,3,8H2,1-2H3,(H,13,14). The van der Waals surface area contributed by atoms with Crippen molar-refractivity contribution in [3.63, 3.8) is 0 Å². The van der Waals surface area contributed by atoms with Gasteiger partial charge in [0, 0.05) is 12.6 Å². The number of amides is 1. The molecule has 0 unspecified atom stereocenters. The van der Waals surface area contributed by atoms with Crippen molar-refractivity contribution in [1.29, 1.82) is 0 Å². The van der Waals surface area contributed by atoms with E-state index in [0.29, 0.717) is 12.2 Å². The van der Waals surface area contributed by atoms with Crippen LogP contribution in [0.5, 0.6) is 0 Å². The zero-order chi connectivity index (χ0) is 12.9. The van der Waals surface area contributed by atoms with Crippen LogP contribution in [0.3, 0.4) is 0 Å². The Kier molecular flexibility index (Phi) is 4.65.